The van der Waals surface area contributed by atoms with Crippen molar-refractivity contribution >= 4 is 23.5 Å². The van der Waals surface area contributed by atoms with Crippen molar-refractivity contribution < 1.29 is 28.9 Å². The van der Waals surface area contributed by atoms with Crippen LogP contribution >= 0.6 is 11.6 Å². The molecule has 1 amide bonds. The van der Waals surface area contributed by atoms with E-state index in [4.69, 9.17) is 25.8 Å². The van der Waals surface area contributed by atoms with Crippen LogP contribution in [0.2, 0.25) is 5.02 Å². The Morgan fingerprint density at radius 2 is 1.85 bits per heavy atom. The number of amides is 1. The zero-order valence-electron chi connectivity index (χ0n) is 14.9. The van der Waals surface area contributed by atoms with Crippen LogP contribution in [-0.2, 0) is 9.59 Å². The van der Waals surface area contributed by atoms with Gasteiger partial charge in [-0.05, 0) is 24.3 Å². The minimum atomic E-state index is -1.06. The fourth-order valence-corrected chi connectivity index (χ4v) is 2.65. The third-order valence-electron chi connectivity index (χ3n) is 3.73. The van der Waals surface area contributed by atoms with E-state index in [-0.39, 0.29) is 13.0 Å². The Labute approximate surface area is 161 Å². The van der Waals surface area contributed by atoms with Gasteiger partial charge < -0.3 is 24.6 Å². The lowest BCUT2D eigenvalue weighted by molar-refractivity contribution is -0.137. The van der Waals surface area contributed by atoms with Gasteiger partial charge in [0.15, 0.2) is 6.61 Å². The summed E-state index contributed by atoms with van der Waals surface area (Å²) in [4.78, 5) is 23.5. The van der Waals surface area contributed by atoms with Crippen molar-refractivity contribution in [2.45, 2.75) is 12.5 Å². The Bertz CT molecular complexity index is 811. The molecule has 1 atom stereocenters. The molecule has 0 saturated heterocycles. The first kappa shape index (κ1) is 20.4. The van der Waals surface area contributed by atoms with Gasteiger partial charge in [0.05, 0.1) is 31.7 Å². The molecule has 0 fully saturated rings. The van der Waals surface area contributed by atoms with Crippen molar-refractivity contribution in [3.63, 3.8) is 0 Å². The first-order chi connectivity index (χ1) is 12.9. The maximum absolute atomic E-state index is 12.3. The molecule has 144 valence electrons. The number of hydrogen-bond acceptors (Lipinski definition) is 5. The predicted molar refractivity (Wildman–Crippen MR) is 99.6 cm³/mol. The van der Waals surface area contributed by atoms with Crippen molar-refractivity contribution in [3.05, 3.63) is 53.1 Å². The van der Waals surface area contributed by atoms with Crippen LogP contribution in [-0.4, -0.2) is 37.8 Å². The van der Waals surface area contributed by atoms with Crippen molar-refractivity contribution in [2.24, 2.45) is 0 Å². The summed E-state index contributed by atoms with van der Waals surface area (Å²) in [5.41, 5.74) is 0.520. The quantitative estimate of drug-likeness (QED) is 0.680. The van der Waals surface area contributed by atoms with Gasteiger partial charge >= 0.3 is 5.97 Å². The summed E-state index contributed by atoms with van der Waals surface area (Å²) in [5, 5.41) is 12.2. The number of methoxy groups -OCH3 is 2. The van der Waals surface area contributed by atoms with Gasteiger partial charge in [0.2, 0.25) is 0 Å². The minimum Gasteiger partial charge on any atom is -0.497 e. The normalized spacial score (nSPS) is 11.4. The zero-order valence-corrected chi connectivity index (χ0v) is 15.7. The molecule has 2 rings (SSSR count). The molecule has 0 spiro atoms. The number of carboxylic acids is 1. The molecule has 0 heterocycles. The number of halogens is 1. The molecule has 2 N–H and O–H groups in total. The second-order valence-electron chi connectivity index (χ2n) is 5.54. The van der Waals surface area contributed by atoms with Crippen LogP contribution in [0.3, 0.4) is 0 Å². The monoisotopic (exact) mass is 393 g/mol. The average molecular weight is 394 g/mol. The molecule has 2 aromatic rings. The second kappa shape index (κ2) is 9.68. The molecule has 27 heavy (non-hydrogen) atoms. The molecule has 7 nitrogen and oxygen atoms in total. The highest BCUT2D eigenvalue weighted by atomic mass is 35.5. The number of ether oxygens (including phenoxy) is 3. The van der Waals surface area contributed by atoms with Crippen molar-refractivity contribution in [1.82, 2.24) is 5.32 Å². The number of aliphatic carboxylic acids is 1. The molecule has 0 bridgehead atoms. The van der Waals surface area contributed by atoms with Crippen LogP contribution < -0.4 is 19.5 Å². The summed E-state index contributed by atoms with van der Waals surface area (Å²) in [6, 6.07) is 10.9. The zero-order chi connectivity index (χ0) is 19.8. The van der Waals surface area contributed by atoms with E-state index in [0.717, 1.165) is 0 Å². The van der Waals surface area contributed by atoms with Crippen molar-refractivity contribution in [2.75, 3.05) is 20.8 Å². The number of benzene rings is 2. The van der Waals surface area contributed by atoms with Gasteiger partial charge in [0.1, 0.15) is 17.2 Å². The lowest BCUT2D eigenvalue weighted by Gasteiger charge is -2.20. The first-order valence-electron chi connectivity index (χ1n) is 8.05. The van der Waals surface area contributed by atoms with Gasteiger partial charge in [-0.15, -0.1) is 0 Å². The highest BCUT2D eigenvalue weighted by Gasteiger charge is 2.22. The molecule has 8 heteroatoms. The molecule has 1 unspecified atom stereocenters. The number of rotatable bonds is 9. The summed E-state index contributed by atoms with van der Waals surface area (Å²) in [7, 11) is 2.97. The number of carbonyl (C=O) groups is 2. The van der Waals surface area contributed by atoms with Crippen LogP contribution in [0.5, 0.6) is 17.2 Å². The van der Waals surface area contributed by atoms with Crippen LogP contribution in [0.1, 0.15) is 18.0 Å². The largest absolute Gasteiger partial charge is 0.497 e. The molecule has 2 aromatic carbocycles. The Kier molecular flexibility index (Phi) is 7.31. The van der Waals surface area contributed by atoms with Crippen molar-refractivity contribution in [3.8, 4) is 17.2 Å². The summed E-state index contributed by atoms with van der Waals surface area (Å²) >= 11 is 5.98. The van der Waals surface area contributed by atoms with E-state index in [1.54, 1.807) is 42.5 Å². The average Bonchev–Trinajstić information content (AvgIpc) is 2.66. The summed E-state index contributed by atoms with van der Waals surface area (Å²) in [5.74, 6) is -0.221. The van der Waals surface area contributed by atoms with E-state index in [1.165, 1.54) is 14.2 Å². The molecule has 0 aliphatic rings. The van der Waals surface area contributed by atoms with Gasteiger partial charge in [0, 0.05) is 11.6 Å². The Hall–Kier alpha value is -2.93. The van der Waals surface area contributed by atoms with E-state index >= 15 is 0 Å². The van der Waals surface area contributed by atoms with Gasteiger partial charge in [0.25, 0.3) is 5.91 Å². The maximum Gasteiger partial charge on any atom is 0.305 e. The fraction of sp³-hybridized carbons (Fsp3) is 0.263. The molecule has 0 radical (unpaired) electrons. The third-order valence-corrected chi connectivity index (χ3v) is 4.04. The Balaban J connectivity index is 2.13. The topological polar surface area (TPSA) is 94.1 Å². The molecular weight excluding hydrogens is 374 g/mol. The number of nitrogens with one attached hydrogen (secondary N) is 1. The lowest BCUT2D eigenvalue weighted by Crippen LogP contribution is -2.34. The Morgan fingerprint density at radius 1 is 1.11 bits per heavy atom. The van der Waals surface area contributed by atoms with Gasteiger partial charge in [-0.3, -0.25) is 9.59 Å². The van der Waals surface area contributed by atoms with Crippen LogP contribution in [0.25, 0.3) is 0 Å². The number of hydrogen-bond donors (Lipinski definition) is 2. The summed E-state index contributed by atoms with van der Waals surface area (Å²) < 4.78 is 15.8. The van der Waals surface area contributed by atoms with Crippen LogP contribution in [0, 0.1) is 0 Å². The lowest BCUT2D eigenvalue weighted by atomic mass is 10.0. The smallest absolute Gasteiger partial charge is 0.305 e. The maximum atomic E-state index is 12.3. The van der Waals surface area contributed by atoms with Gasteiger partial charge in [-0.1, -0.05) is 23.7 Å². The number of carbonyl (C=O) groups excluding carboxylic acids is 1. The minimum absolute atomic E-state index is 0.307. The van der Waals surface area contributed by atoms with E-state index in [1.807, 2.05) is 0 Å². The predicted octanol–water partition coefficient (Wildman–Crippen LogP) is 3.07. The third kappa shape index (κ3) is 5.79. The number of para-hydroxylation sites is 1. The van der Waals surface area contributed by atoms with Crippen molar-refractivity contribution in [1.29, 1.82) is 0 Å². The molecule has 0 aliphatic carbocycles. The van der Waals surface area contributed by atoms with E-state index in [2.05, 4.69) is 5.32 Å². The van der Waals surface area contributed by atoms with Crippen LogP contribution in [0.15, 0.2) is 42.5 Å². The summed E-state index contributed by atoms with van der Waals surface area (Å²) in [6.07, 6.45) is -0.319. The van der Waals surface area contributed by atoms with Gasteiger partial charge in [-0.25, -0.2) is 0 Å². The SMILES string of the molecule is COc1ccc(C(CC(=O)O)NC(=O)COc2ccccc2Cl)c(OC)c1. The highest BCUT2D eigenvalue weighted by Crippen LogP contribution is 2.31. The molecule has 0 aromatic heterocycles. The van der Waals surface area contributed by atoms with E-state index in [0.29, 0.717) is 27.8 Å². The number of carboxylic acid groups (broad SMARTS) is 1. The fourth-order valence-electron chi connectivity index (χ4n) is 2.46. The standard InChI is InChI=1S/C19H20ClNO6/c1-25-12-7-8-13(17(9-12)26-2)15(10-19(23)24)21-18(22)11-27-16-6-4-3-5-14(16)20/h3-9,15H,10-11H2,1-2H3,(H,21,22)(H,23,24). The first-order valence-corrected chi connectivity index (χ1v) is 8.42. The second-order valence-corrected chi connectivity index (χ2v) is 5.95. The Morgan fingerprint density at radius 3 is 2.48 bits per heavy atom. The summed E-state index contributed by atoms with van der Waals surface area (Å²) in [6.45, 7) is -0.307. The van der Waals surface area contributed by atoms with Gasteiger partial charge in [-0.2, -0.15) is 0 Å². The van der Waals surface area contributed by atoms with E-state index < -0.39 is 17.9 Å². The van der Waals surface area contributed by atoms with Crippen LogP contribution in [0.4, 0.5) is 0 Å². The molecular formula is C19H20ClNO6. The van der Waals surface area contributed by atoms with E-state index in [9.17, 15) is 14.7 Å². The molecule has 0 saturated carbocycles. The molecule has 0 aliphatic heterocycles. The highest BCUT2D eigenvalue weighted by molar-refractivity contribution is 6.32.